The molecule has 0 atom stereocenters. The summed E-state index contributed by atoms with van der Waals surface area (Å²) in [6.07, 6.45) is 0. The van der Waals surface area contributed by atoms with Crippen molar-refractivity contribution in [2.24, 2.45) is 0 Å². The molecule has 0 fully saturated rings. The Hall–Kier alpha value is -2.15. The van der Waals surface area contributed by atoms with E-state index >= 15 is 0 Å². The minimum Gasteiger partial charge on any atom is -0.368 e. The molecule has 0 heterocycles. The molecule has 1 rings (SSSR count). The molecule has 2 N–H and O–H groups in total. The molecule has 0 aromatic heterocycles. The third-order valence-electron chi connectivity index (χ3n) is 2.77. The van der Waals surface area contributed by atoms with Crippen molar-refractivity contribution in [3.8, 4) is 0 Å². The first kappa shape index (κ1) is 14.9. The molecule has 7 nitrogen and oxygen atoms in total. The summed E-state index contributed by atoms with van der Waals surface area (Å²) in [5.41, 5.74) is 0.826. The average molecular weight is 266 g/mol. The van der Waals surface area contributed by atoms with E-state index in [1.54, 1.807) is 11.9 Å². The van der Waals surface area contributed by atoms with Gasteiger partial charge in [-0.2, -0.15) is 0 Å². The van der Waals surface area contributed by atoms with Crippen LogP contribution in [0.5, 0.6) is 0 Å². The van der Waals surface area contributed by atoms with Crippen LogP contribution >= 0.6 is 0 Å². The lowest BCUT2D eigenvalue weighted by atomic mass is 10.1. The van der Waals surface area contributed by atoms with Crippen molar-refractivity contribution < 1.29 is 9.72 Å². The molecule has 0 spiro atoms. The van der Waals surface area contributed by atoms with Crippen molar-refractivity contribution in [1.82, 2.24) is 10.6 Å². The van der Waals surface area contributed by atoms with Crippen molar-refractivity contribution in [1.29, 1.82) is 0 Å². The first-order valence-corrected chi connectivity index (χ1v) is 5.87. The Morgan fingerprint density at radius 2 is 2.11 bits per heavy atom. The van der Waals surface area contributed by atoms with Crippen molar-refractivity contribution in [2.75, 3.05) is 39.1 Å². The van der Waals surface area contributed by atoms with Gasteiger partial charge >= 0.3 is 0 Å². The summed E-state index contributed by atoms with van der Waals surface area (Å²) >= 11 is 0. The molecule has 104 valence electrons. The van der Waals surface area contributed by atoms with Crippen LogP contribution in [0.3, 0.4) is 0 Å². The lowest BCUT2D eigenvalue weighted by Crippen LogP contribution is -2.28. The number of carbonyl (C=O) groups is 1. The summed E-state index contributed by atoms with van der Waals surface area (Å²) in [6, 6.07) is 4.34. The highest BCUT2D eigenvalue weighted by Gasteiger charge is 2.19. The maximum atomic E-state index is 11.6. The van der Waals surface area contributed by atoms with Gasteiger partial charge in [-0.25, -0.2) is 0 Å². The van der Waals surface area contributed by atoms with Crippen LogP contribution in [0.1, 0.15) is 10.4 Å². The number of hydrogen-bond acceptors (Lipinski definition) is 5. The smallest absolute Gasteiger partial charge is 0.292 e. The summed E-state index contributed by atoms with van der Waals surface area (Å²) in [7, 11) is 5.09. The summed E-state index contributed by atoms with van der Waals surface area (Å²) in [4.78, 5) is 23.9. The highest BCUT2D eigenvalue weighted by atomic mass is 16.6. The van der Waals surface area contributed by atoms with Gasteiger partial charge in [0.05, 0.1) is 4.92 Å². The Labute approximate surface area is 111 Å². The molecule has 0 bridgehead atoms. The first-order chi connectivity index (χ1) is 9.01. The molecule has 1 aromatic carbocycles. The number of nitro groups is 1. The number of nitrogens with one attached hydrogen (secondary N) is 2. The number of rotatable bonds is 6. The number of amides is 1. The predicted octanol–water partition coefficient (Wildman–Crippen LogP) is 0.610. The average Bonchev–Trinajstić information content (AvgIpc) is 2.42. The van der Waals surface area contributed by atoms with Crippen molar-refractivity contribution in [2.45, 2.75) is 0 Å². The Balaban J connectivity index is 3.15. The standard InChI is InChI=1S/C12H18N4O3/c1-13-6-7-15(3)11-8-9(12(17)14-2)4-5-10(11)16(18)19/h4-5,8,13H,6-7H2,1-3H3,(H,14,17). The molecule has 1 amide bonds. The molecule has 0 aliphatic heterocycles. The van der Waals surface area contributed by atoms with Gasteiger partial charge in [0.15, 0.2) is 0 Å². The molecule has 19 heavy (non-hydrogen) atoms. The SMILES string of the molecule is CNCCN(C)c1cc(C(=O)NC)ccc1[N+](=O)[O-]. The van der Waals surface area contributed by atoms with E-state index < -0.39 is 4.92 Å². The molecule has 0 saturated carbocycles. The van der Waals surface area contributed by atoms with E-state index in [9.17, 15) is 14.9 Å². The molecule has 7 heteroatoms. The monoisotopic (exact) mass is 266 g/mol. The van der Waals surface area contributed by atoms with Gasteiger partial charge in [-0.3, -0.25) is 14.9 Å². The number of likely N-dealkylation sites (N-methyl/N-ethyl adjacent to an activating group) is 2. The van der Waals surface area contributed by atoms with Gasteiger partial charge in [0.1, 0.15) is 5.69 Å². The lowest BCUT2D eigenvalue weighted by molar-refractivity contribution is -0.384. The summed E-state index contributed by atoms with van der Waals surface area (Å²) in [5, 5.41) is 16.5. The van der Waals surface area contributed by atoms with Gasteiger partial charge in [0, 0.05) is 38.8 Å². The van der Waals surface area contributed by atoms with E-state index in [1.807, 2.05) is 7.05 Å². The molecular weight excluding hydrogens is 248 g/mol. The molecule has 0 aliphatic carbocycles. The minimum atomic E-state index is -0.446. The number of anilines is 1. The zero-order chi connectivity index (χ0) is 14.4. The predicted molar refractivity (Wildman–Crippen MR) is 73.7 cm³/mol. The van der Waals surface area contributed by atoms with Gasteiger partial charge < -0.3 is 15.5 Å². The van der Waals surface area contributed by atoms with Gasteiger partial charge in [0.25, 0.3) is 11.6 Å². The highest BCUT2D eigenvalue weighted by Crippen LogP contribution is 2.28. The Kier molecular flexibility index (Phi) is 5.25. The number of benzene rings is 1. The van der Waals surface area contributed by atoms with Gasteiger partial charge in [-0.15, -0.1) is 0 Å². The van der Waals surface area contributed by atoms with Crippen LogP contribution < -0.4 is 15.5 Å². The second kappa shape index (κ2) is 6.69. The molecule has 1 aromatic rings. The molecule has 0 radical (unpaired) electrons. The summed E-state index contributed by atoms with van der Waals surface area (Å²) in [5.74, 6) is -0.266. The van der Waals surface area contributed by atoms with Gasteiger partial charge in [-0.1, -0.05) is 0 Å². The van der Waals surface area contributed by atoms with E-state index in [-0.39, 0.29) is 11.6 Å². The lowest BCUT2D eigenvalue weighted by Gasteiger charge is -2.19. The Bertz CT molecular complexity index is 476. The summed E-state index contributed by atoms with van der Waals surface area (Å²) in [6.45, 7) is 1.30. The zero-order valence-electron chi connectivity index (χ0n) is 11.3. The third kappa shape index (κ3) is 3.65. The fraction of sp³-hybridized carbons (Fsp3) is 0.417. The van der Waals surface area contributed by atoms with Crippen LogP contribution in [0.2, 0.25) is 0 Å². The zero-order valence-corrected chi connectivity index (χ0v) is 11.3. The molecule has 0 aliphatic rings. The number of carbonyl (C=O) groups excluding carboxylic acids is 1. The fourth-order valence-corrected chi connectivity index (χ4v) is 1.67. The van der Waals surface area contributed by atoms with Crippen LogP contribution in [-0.2, 0) is 0 Å². The largest absolute Gasteiger partial charge is 0.368 e. The quantitative estimate of drug-likeness (QED) is 0.582. The van der Waals surface area contributed by atoms with Crippen LogP contribution in [0, 0.1) is 10.1 Å². The second-order valence-electron chi connectivity index (χ2n) is 4.06. The molecular formula is C12H18N4O3. The van der Waals surface area contributed by atoms with Crippen LogP contribution in [0.25, 0.3) is 0 Å². The van der Waals surface area contributed by atoms with E-state index in [2.05, 4.69) is 10.6 Å². The Morgan fingerprint density at radius 1 is 1.42 bits per heavy atom. The Morgan fingerprint density at radius 3 is 2.63 bits per heavy atom. The van der Waals surface area contributed by atoms with E-state index in [4.69, 9.17) is 0 Å². The van der Waals surface area contributed by atoms with Crippen molar-refractivity contribution in [3.63, 3.8) is 0 Å². The number of hydrogen-bond donors (Lipinski definition) is 2. The maximum absolute atomic E-state index is 11.6. The second-order valence-corrected chi connectivity index (χ2v) is 4.06. The van der Waals surface area contributed by atoms with Crippen molar-refractivity contribution >= 4 is 17.3 Å². The maximum Gasteiger partial charge on any atom is 0.292 e. The van der Waals surface area contributed by atoms with Crippen LogP contribution in [0.15, 0.2) is 18.2 Å². The fourth-order valence-electron chi connectivity index (χ4n) is 1.67. The van der Waals surface area contributed by atoms with E-state index in [0.29, 0.717) is 24.3 Å². The molecule has 0 unspecified atom stereocenters. The molecule has 0 saturated heterocycles. The normalized spacial score (nSPS) is 10.1. The highest BCUT2D eigenvalue weighted by molar-refractivity contribution is 5.95. The van der Waals surface area contributed by atoms with Gasteiger partial charge in [0.2, 0.25) is 0 Å². The number of nitro benzene ring substituents is 1. The third-order valence-corrected chi connectivity index (χ3v) is 2.77. The van der Waals surface area contributed by atoms with E-state index in [0.717, 1.165) is 0 Å². The van der Waals surface area contributed by atoms with E-state index in [1.165, 1.54) is 25.2 Å². The van der Waals surface area contributed by atoms with Crippen LogP contribution in [0.4, 0.5) is 11.4 Å². The summed E-state index contributed by atoms with van der Waals surface area (Å²) < 4.78 is 0. The minimum absolute atomic E-state index is 0.00810. The first-order valence-electron chi connectivity index (χ1n) is 5.87. The van der Waals surface area contributed by atoms with Crippen LogP contribution in [-0.4, -0.2) is 45.1 Å². The number of nitrogens with zero attached hydrogens (tertiary/aromatic N) is 2. The van der Waals surface area contributed by atoms with Gasteiger partial charge in [-0.05, 0) is 19.2 Å². The topological polar surface area (TPSA) is 87.5 Å². The van der Waals surface area contributed by atoms with Crippen molar-refractivity contribution in [3.05, 3.63) is 33.9 Å².